The third-order valence-electron chi connectivity index (χ3n) is 4.91. The molecule has 1 aliphatic heterocycles. The second kappa shape index (κ2) is 8.91. The van der Waals surface area contributed by atoms with Gasteiger partial charge in [-0.1, -0.05) is 24.3 Å². The first kappa shape index (κ1) is 19.2. The van der Waals surface area contributed by atoms with Crippen molar-refractivity contribution in [1.82, 2.24) is 4.90 Å². The molecule has 0 radical (unpaired) electrons. The summed E-state index contributed by atoms with van der Waals surface area (Å²) >= 11 is 0. The minimum Gasteiger partial charge on any atom is -0.492 e. The molecule has 0 saturated carbocycles. The predicted octanol–water partition coefficient (Wildman–Crippen LogP) is 3.46. The molecule has 5 nitrogen and oxygen atoms in total. The van der Waals surface area contributed by atoms with E-state index in [1.807, 2.05) is 51.1 Å². The standard InChI is InChI=1S/C22H29N3O2/c1-4-27-21-8-6-5-7-20(21)25-13-11-24(12-14-25)16-22(26)23-19-15-17(2)9-10-18(19)3/h5-10,15H,4,11-14,16H2,1-3H3,(H,23,26). The molecule has 1 aliphatic rings. The first-order chi connectivity index (χ1) is 13.1. The summed E-state index contributed by atoms with van der Waals surface area (Å²) < 4.78 is 5.75. The van der Waals surface area contributed by atoms with E-state index in [2.05, 4.69) is 27.2 Å². The Morgan fingerprint density at radius 3 is 2.56 bits per heavy atom. The highest BCUT2D eigenvalue weighted by Gasteiger charge is 2.21. The van der Waals surface area contributed by atoms with Crippen LogP contribution in [-0.4, -0.2) is 50.1 Å². The highest BCUT2D eigenvalue weighted by atomic mass is 16.5. The van der Waals surface area contributed by atoms with Crippen molar-refractivity contribution in [2.45, 2.75) is 20.8 Å². The van der Waals surface area contributed by atoms with Crippen molar-refractivity contribution in [3.63, 3.8) is 0 Å². The monoisotopic (exact) mass is 367 g/mol. The number of carbonyl (C=O) groups is 1. The van der Waals surface area contributed by atoms with Gasteiger partial charge in [0.25, 0.3) is 0 Å². The van der Waals surface area contributed by atoms with Gasteiger partial charge in [-0.15, -0.1) is 0 Å². The molecule has 1 heterocycles. The molecule has 0 aliphatic carbocycles. The zero-order chi connectivity index (χ0) is 19.2. The van der Waals surface area contributed by atoms with Crippen LogP contribution < -0.4 is 15.0 Å². The minimum absolute atomic E-state index is 0.0480. The largest absolute Gasteiger partial charge is 0.492 e. The fraction of sp³-hybridized carbons (Fsp3) is 0.409. The first-order valence-corrected chi connectivity index (χ1v) is 9.63. The number of ether oxygens (including phenoxy) is 1. The molecule has 2 aromatic rings. The van der Waals surface area contributed by atoms with Gasteiger partial charge in [0.15, 0.2) is 0 Å². The van der Waals surface area contributed by atoms with Gasteiger partial charge < -0.3 is 15.0 Å². The number of piperazine rings is 1. The molecule has 1 fully saturated rings. The normalized spacial score (nSPS) is 14.9. The zero-order valence-electron chi connectivity index (χ0n) is 16.5. The summed E-state index contributed by atoms with van der Waals surface area (Å²) in [4.78, 5) is 17.0. The van der Waals surface area contributed by atoms with Crippen molar-refractivity contribution >= 4 is 17.3 Å². The number of hydrogen-bond donors (Lipinski definition) is 1. The Hall–Kier alpha value is -2.53. The van der Waals surface area contributed by atoms with Gasteiger partial charge in [-0.05, 0) is 50.1 Å². The van der Waals surface area contributed by atoms with Crippen LogP contribution in [0.25, 0.3) is 0 Å². The molecule has 144 valence electrons. The highest BCUT2D eigenvalue weighted by Crippen LogP contribution is 2.28. The van der Waals surface area contributed by atoms with E-state index in [-0.39, 0.29) is 5.91 Å². The molecule has 1 saturated heterocycles. The molecule has 0 unspecified atom stereocenters. The van der Waals surface area contributed by atoms with Crippen LogP contribution in [0.15, 0.2) is 42.5 Å². The van der Waals surface area contributed by atoms with Crippen LogP contribution in [0.5, 0.6) is 5.75 Å². The molecule has 0 bridgehead atoms. The van der Waals surface area contributed by atoms with Crippen molar-refractivity contribution in [3.8, 4) is 5.75 Å². The molecule has 27 heavy (non-hydrogen) atoms. The number of benzene rings is 2. The Morgan fingerprint density at radius 1 is 1.07 bits per heavy atom. The second-order valence-corrected chi connectivity index (χ2v) is 7.03. The van der Waals surface area contributed by atoms with E-state index in [1.54, 1.807) is 0 Å². The average Bonchev–Trinajstić information content (AvgIpc) is 2.66. The van der Waals surface area contributed by atoms with Crippen LogP contribution in [0, 0.1) is 13.8 Å². The van der Waals surface area contributed by atoms with Gasteiger partial charge in [-0.3, -0.25) is 9.69 Å². The number of carbonyl (C=O) groups excluding carboxylic acids is 1. The predicted molar refractivity (Wildman–Crippen MR) is 111 cm³/mol. The van der Waals surface area contributed by atoms with Crippen LogP contribution >= 0.6 is 0 Å². The summed E-state index contributed by atoms with van der Waals surface area (Å²) in [6.45, 7) is 10.6. The summed E-state index contributed by atoms with van der Waals surface area (Å²) in [7, 11) is 0. The fourth-order valence-electron chi connectivity index (χ4n) is 3.41. The highest BCUT2D eigenvalue weighted by molar-refractivity contribution is 5.93. The van der Waals surface area contributed by atoms with Gasteiger partial charge in [0.2, 0.25) is 5.91 Å². The lowest BCUT2D eigenvalue weighted by molar-refractivity contribution is -0.117. The SMILES string of the molecule is CCOc1ccccc1N1CCN(CC(=O)Nc2cc(C)ccc2C)CC1. The van der Waals surface area contributed by atoms with Crippen molar-refractivity contribution in [2.24, 2.45) is 0 Å². The maximum Gasteiger partial charge on any atom is 0.238 e. The maximum absolute atomic E-state index is 12.4. The number of nitrogens with zero attached hydrogens (tertiary/aromatic N) is 2. The van der Waals surface area contributed by atoms with E-state index in [0.717, 1.165) is 54.4 Å². The fourth-order valence-corrected chi connectivity index (χ4v) is 3.41. The molecular weight excluding hydrogens is 338 g/mol. The number of aryl methyl sites for hydroxylation is 2. The quantitative estimate of drug-likeness (QED) is 0.849. The van der Waals surface area contributed by atoms with Gasteiger partial charge in [0.05, 0.1) is 18.8 Å². The number of hydrogen-bond acceptors (Lipinski definition) is 4. The Bertz CT molecular complexity index is 783. The minimum atomic E-state index is 0.0480. The van der Waals surface area contributed by atoms with Crippen LogP contribution in [0.4, 0.5) is 11.4 Å². The van der Waals surface area contributed by atoms with E-state index in [9.17, 15) is 4.79 Å². The number of rotatable bonds is 6. The molecular formula is C22H29N3O2. The van der Waals surface area contributed by atoms with E-state index >= 15 is 0 Å². The van der Waals surface area contributed by atoms with Gasteiger partial charge >= 0.3 is 0 Å². The van der Waals surface area contributed by atoms with E-state index < -0.39 is 0 Å². The summed E-state index contributed by atoms with van der Waals surface area (Å²) in [6.07, 6.45) is 0. The van der Waals surface area contributed by atoms with E-state index in [4.69, 9.17) is 4.74 Å². The lowest BCUT2D eigenvalue weighted by Crippen LogP contribution is -2.48. The van der Waals surface area contributed by atoms with Crippen molar-refractivity contribution in [1.29, 1.82) is 0 Å². The number of nitrogens with one attached hydrogen (secondary N) is 1. The topological polar surface area (TPSA) is 44.8 Å². The van der Waals surface area contributed by atoms with E-state index in [0.29, 0.717) is 13.2 Å². The lowest BCUT2D eigenvalue weighted by Gasteiger charge is -2.36. The van der Waals surface area contributed by atoms with Gasteiger partial charge in [0.1, 0.15) is 5.75 Å². The summed E-state index contributed by atoms with van der Waals surface area (Å²) in [5.41, 5.74) is 4.28. The van der Waals surface area contributed by atoms with Gasteiger partial charge in [-0.2, -0.15) is 0 Å². The van der Waals surface area contributed by atoms with E-state index in [1.165, 1.54) is 0 Å². The van der Waals surface area contributed by atoms with Crippen molar-refractivity contribution in [2.75, 3.05) is 49.5 Å². The van der Waals surface area contributed by atoms with Crippen molar-refractivity contribution in [3.05, 3.63) is 53.6 Å². The van der Waals surface area contributed by atoms with Gasteiger partial charge in [0, 0.05) is 31.9 Å². The first-order valence-electron chi connectivity index (χ1n) is 9.63. The van der Waals surface area contributed by atoms with Gasteiger partial charge in [-0.25, -0.2) is 0 Å². The summed E-state index contributed by atoms with van der Waals surface area (Å²) in [6, 6.07) is 14.3. The summed E-state index contributed by atoms with van der Waals surface area (Å²) in [5, 5.41) is 3.05. The Balaban J connectivity index is 1.54. The second-order valence-electron chi connectivity index (χ2n) is 7.03. The molecule has 0 atom stereocenters. The molecule has 0 spiro atoms. The zero-order valence-corrected chi connectivity index (χ0v) is 16.5. The molecule has 2 aromatic carbocycles. The Kier molecular flexibility index (Phi) is 6.35. The van der Waals surface area contributed by atoms with Crippen LogP contribution in [0.3, 0.4) is 0 Å². The molecule has 3 rings (SSSR count). The third kappa shape index (κ3) is 5.01. The Labute approximate surface area is 161 Å². The lowest BCUT2D eigenvalue weighted by atomic mass is 10.1. The van der Waals surface area contributed by atoms with Crippen LogP contribution in [0.2, 0.25) is 0 Å². The van der Waals surface area contributed by atoms with Crippen LogP contribution in [0.1, 0.15) is 18.1 Å². The Morgan fingerprint density at radius 2 is 1.81 bits per heavy atom. The molecule has 0 aromatic heterocycles. The van der Waals surface area contributed by atoms with Crippen molar-refractivity contribution < 1.29 is 9.53 Å². The number of amides is 1. The van der Waals surface area contributed by atoms with Crippen LogP contribution in [-0.2, 0) is 4.79 Å². The smallest absolute Gasteiger partial charge is 0.238 e. The molecule has 1 N–H and O–H groups in total. The third-order valence-corrected chi connectivity index (χ3v) is 4.91. The maximum atomic E-state index is 12.4. The molecule has 1 amide bonds. The summed E-state index contributed by atoms with van der Waals surface area (Å²) in [5.74, 6) is 0.980. The average molecular weight is 367 g/mol. The number of para-hydroxylation sites is 2. The molecule has 5 heteroatoms. The number of anilines is 2.